The molecule has 0 atom stereocenters. The Morgan fingerprint density at radius 2 is 2.17 bits per heavy atom. The molecule has 18 heavy (non-hydrogen) atoms. The molecule has 2 N–H and O–H groups in total. The normalized spacial score (nSPS) is 9.78. The van der Waals surface area contributed by atoms with Gasteiger partial charge < -0.3 is 10.2 Å². The molecule has 0 spiro atoms. The number of thioether (sulfide) groups is 1. The number of aromatic nitrogens is 1. The molecule has 0 radical (unpaired) electrons. The molecule has 1 rings (SSSR count). The minimum absolute atomic E-state index is 0.0481. The molecule has 1 aromatic rings. The summed E-state index contributed by atoms with van der Waals surface area (Å²) >= 11 is 1.22. The van der Waals surface area contributed by atoms with Crippen LogP contribution in [0.3, 0.4) is 0 Å². The standard InChI is InChI=1S/C11H10N2O4S/c1-18-8-4-6(5-12)11(17)10(13-8)7(14)2-3-9(15)16/h4,17H,2-3H2,1H3,(H,15,16). The quantitative estimate of drug-likeness (QED) is 0.612. The highest BCUT2D eigenvalue weighted by Crippen LogP contribution is 2.26. The average Bonchev–Trinajstić information content (AvgIpc) is 2.36. The number of carbonyl (C=O) groups excluding carboxylic acids is 1. The number of nitrogens with zero attached hydrogens (tertiary/aromatic N) is 2. The first kappa shape index (κ1) is 14.0. The van der Waals surface area contributed by atoms with E-state index in [1.807, 2.05) is 0 Å². The first-order chi connectivity index (χ1) is 8.49. The van der Waals surface area contributed by atoms with Gasteiger partial charge in [0.25, 0.3) is 0 Å². The van der Waals surface area contributed by atoms with Crippen molar-refractivity contribution in [3.8, 4) is 11.8 Å². The van der Waals surface area contributed by atoms with Crippen LogP contribution in [-0.2, 0) is 4.79 Å². The second-order valence-electron chi connectivity index (χ2n) is 3.34. The lowest BCUT2D eigenvalue weighted by atomic mass is 10.1. The van der Waals surface area contributed by atoms with E-state index in [0.29, 0.717) is 5.03 Å². The Kier molecular flexibility index (Phi) is 4.68. The number of aliphatic carboxylic acids is 1. The van der Waals surface area contributed by atoms with Crippen molar-refractivity contribution in [2.24, 2.45) is 0 Å². The zero-order valence-electron chi connectivity index (χ0n) is 9.51. The molecule has 7 heteroatoms. The van der Waals surface area contributed by atoms with Gasteiger partial charge >= 0.3 is 5.97 Å². The Morgan fingerprint density at radius 1 is 1.50 bits per heavy atom. The number of carbonyl (C=O) groups is 2. The monoisotopic (exact) mass is 266 g/mol. The van der Waals surface area contributed by atoms with Crippen molar-refractivity contribution in [1.82, 2.24) is 4.98 Å². The summed E-state index contributed by atoms with van der Waals surface area (Å²) in [6.45, 7) is 0. The fourth-order valence-electron chi connectivity index (χ4n) is 1.24. The maximum absolute atomic E-state index is 11.7. The van der Waals surface area contributed by atoms with Gasteiger partial charge in [0.1, 0.15) is 6.07 Å². The number of ketones is 1. The van der Waals surface area contributed by atoms with Gasteiger partial charge in [-0.05, 0) is 12.3 Å². The number of aromatic hydroxyl groups is 1. The van der Waals surface area contributed by atoms with Crippen LogP contribution in [0, 0.1) is 11.3 Å². The van der Waals surface area contributed by atoms with Crippen LogP contribution >= 0.6 is 11.8 Å². The molecule has 6 nitrogen and oxygen atoms in total. The second kappa shape index (κ2) is 6.02. The number of carboxylic acid groups (broad SMARTS) is 1. The van der Waals surface area contributed by atoms with Gasteiger partial charge in [-0.25, -0.2) is 4.98 Å². The third-order valence-electron chi connectivity index (χ3n) is 2.13. The van der Waals surface area contributed by atoms with Crippen molar-refractivity contribution < 1.29 is 19.8 Å². The van der Waals surface area contributed by atoms with E-state index < -0.39 is 17.5 Å². The van der Waals surface area contributed by atoms with Crippen molar-refractivity contribution in [2.45, 2.75) is 17.9 Å². The summed E-state index contributed by atoms with van der Waals surface area (Å²) in [4.78, 5) is 26.0. The number of Topliss-reactive ketones (excluding diaryl/α,β-unsaturated/α-hetero) is 1. The lowest BCUT2D eigenvalue weighted by Gasteiger charge is -2.06. The SMILES string of the molecule is CSc1cc(C#N)c(O)c(C(=O)CCC(=O)O)n1. The average molecular weight is 266 g/mol. The Labute approximate surface area is 107 Å². The van der Waals surface area contributed by atoms with Crippen molar-refractivity contribution in [1.29, 1.82) is 5.26 Å². The summed E-state index contributed by atoms with van der Waals surface area (Å²) in [5.41, 5.74) is -0.298. The van der Waals surface area contributed by atoms with Crippen LogP contribution in [0.15, 0.2) is 11.1 Å². The highest BCUT2D eigenvalue weighted by atomic mass is 32.2. The maximum atomic E-state index is 11.7. The van der Waals surface area contributed by atoms with Gasteiger partial charge in [-0.1, -0.05) is 0 Å². The predicted octanol–water partition coefficient (Wildman–Crippen LogP) is 1.43. The minimum Gasteiger partial charge on any atom is -0.504 e. The molecule has 0 saturated carbocycles. The van der Waals surface area contributed by atoms with E-state index in [1.54, 1.807) is 12.3 Å². The Bertz CT molecular complexity index is 537. The van der Waals surface area contributed by atoms with Gasteiger partial charge in [0.15, 0.2) is 17.2 Å². The van der Waals surface area contributed by atoms with Crippen LogP contribution in [0.5, 0.6) is 5.75 Å². The largest absolute Gasteiger partial charge is 0.504 e. The van der Waals surface area contributed by atoms with Crippen molar-refractivity contribution >= 4 is 23.5 Å². The van der Waals surface area contributed by atoms with Crippen LogP contribution in [0.2, 0.25) is 0 Å². The van der Waals surface area contributed by atoms with Gasteiger partial charge in [0.2, 0.25) is 0 Å². The lowest BCUT2D eigenvalue weighted by Crippen LogP contribution is -2.07. The summed E-state index contributed by atoms with van der Waals surface area (Å²) in [6.07, 6.45) is 1.11. The molecule has 0 aliphatic heterocycles. The fraction of sp³-hybridized carbons (Fsp3) is 0.273. The van der Waals surface area contributed by atoms with Gasteiger partial charge in [0.05, 0.1) is 17.0 Å². The summed E-state index contributed by atoms with van der Waals surface area (Å²) in [5.74, 6) is -2.20. The van der Waals surface area contributed by atoms with Crippen LogP contribution < -0.4 is 0 Å². The number of nitriles is 1. The first-order valence-corrected chi connectivity index (χ1v) is 6.15. The molecular formula is C11H10N2O4S. The van der Waals surface area contributed by atoms with Gasteiger partial charge in [-0.15, -0.1) is 11.8 Å². The Hall–Kier alpha value is -2.07. The Morgan fingerprint density at radius 3 is 2.67 bits per heavy atom. The van der Waals surface area contributed by atoms with E-state index in [-0.39, 0.29) is 24.1 Å². The molecule has 0 aliphatic carbocycles. The third kappa shape index (κ3) is 3.21. The van der Waals surface area contributed by atoms with Crippen molar-refractivity contribution in [2.75, 3.05) is 6.26 Å². The van der Waals surface area contributed by atoms with E-state index in [1.165, 1.54) is 17.8 Å². The zero-order valence-corrected chi connectivity index (χ0v) is 10.3. The smallest absolute Gasteiger partial charge is 0.303 e. The first-order valence-electron chi connectivity index (χ1n) is 4.92. The summed E-state index contributed by atoms with van der Waals surface area (Å²) in [6, 6.07) is 3.13. The van der Waals surface area contributed by atoms with Crippen molar-refractivity contribution in [3.05, 3.63) is 17.3 Å². The van der Waals surface area contributed by atoms with Crippen LogP contribution in [0.25, 0.3) is 0 Å². The van der Waals surface area contributed by atoms with E-state index >= 15 is 0 Å². The Balaban J connectivity index is 3.11. The second-order valence-corrected chi connectivity index (χ2v) is 4.16. The topological polar surface area (TPSA) is 111 Å². The van der Waals surface area contributed by atoms with Crippen LogP contribution in [0.1, 0.15) is 28.9 Å². The molecule has 0 unspecified atom stereocenters. The molecule has 0 bridgehead atoms. The van der Waals surface area contributed by atoms with E-state index in [4.69, 9.17) is 10.4 Å². The van der Waals surface area contributed by atoms with E-state index in [9.17, 15) is 14.7 Å². The van der Waals surface area contributed by atoms with Gasteiger partial charge in [0, 0.05) is 6.42 Å². The van der Waals surface area contributed by atoms with Crippen LogP contribution in [0.4, 0.5) is 0 Å². The summed E-state index contributed by atoms with van der Waals surface area (Å²) in [7, 11) is 0. The minimum atomic E-state index is -1.11. The lowest BCUT2D eigenvalue weighted by molar-refractivity contribution is -0.136. The molecule has 0 fully saturated rings. The molecule has 1 aromatic heterocycles. The number of carboxylic acids is 1. The third-order valence-corrected chi connectivity index (χ3v) is 2.76. The maximum Gasteiger partial charge on any atom is 0.303 e. The van der Waals surface area contributed by atoms with E-state index in [2.05, 4.69) is 4.98 Å². The molecular weight excluding hydrogens is 256 g/mol. The number of hydrogen-bond donors (Lipinski definition) is 2. The highest BCUT2D eigenvalue weighted by molar-refractivity contribution is 7.98. The summed E-state index contributed by atoms with van der Waals surface area (Å²) in [5, 5.41) is 27.4. The predicted molar refractivity (Wildman–Crippen MR) is 63.6 cm³/mol. The zero-order chi connectivity index (χ0) is 13.7. The molecule has 0 aliphatic rings. The molecule has 0 saturated heterocycles. The fourth-order valence-corrected chi connectivity index (χ4v) is 1.66. The number of pyridine rings is 1. The van der Waals surface area contributed by atoms with Crippen LogP contribution in [-0.4, -0.2) is 33.2 Å². The van der Waals surface area contributed by atoms with Crippen molar-refractivity contribution in [3.63, 3.8) is 0 Å². The molecule has 94 valence electrons. The van der Waals surface area contributed by atoms with Gasteiger partial charge in [-0.2, -0.15) is 5.26 Å². The number of hydrogen-bond acceptors (Lipinski definition) is 6. The van der Waals surface area contributed by atoms with E-state index in [0.717, 1.165) is 0 Å². The molecule has 0 aromatic carbocycles. The van der Waals surface area contributed by atoms with Gasteiger partial charge in [-0.3, -0.25) is 9.59 Å². The summed E-state index contributed by atoms with van der Waals surface area (Å²) < 4.78 is 0. The molecule has 1 heterocycles. The molecule has 0 amide bonds. The highest BCUT2D eigenvalue weighted by Gasteiger charge is 2.18. The number of rotatable bonds is 5.